The van der Waals surface area contributed by atoms with E-state index in [9.17, 15) is 4.79 Å². The summed E-state index contributed by atoms with van der Waals surface area (Å²) >= 11 is 3.21. The number of rotatable bonds is 1. The summed E-state index contributed by atoms with van der Waals surface area (Å²) in [5.74, 6) is 0.598. The highest BCUT2D eigenvalue weighted by Gasteiger charge is 2.13. The molecule has 0 aliphatic rings. The Hall–Kier alpha value is -1.88. The van der Waals surface area contributed by atoms with E-state index < -0.39 is 0 Å². The Labute approximate surface area is 111 Å². The van der Waals surface area contributed by atoms with Crippen LogP contribution in [0.2, 0.25) is 0 Å². The zero-order valence-electron chi connectivity index (χ0n) is 9.55. The molecule has 5 heteroatoms. The van der Waals surface area contributed by atoms with Gasteiger partial charge in [0.2, 0.25) is 5.71 Å². The van der Waals surface area contributed by atoms with Crippen LogP contribution >= 0.6 is 15.9 Å². The van der Waals surface area contributed by atoms with Crippen molar-refractivity contribution < 1.29 is 4.42 Å². The van der Waals surface area contributed by atoms with Gasteiger partial charge in [-0.25, -0.2) is 0 Å². The Bertz CT molecular complexity index is 775. The van der Waals surface area contributed by atoms with Gasteiger partial charge in [-0.05, 0) is 35.0 Å². The molecule has 0 unspecified atom stereocenters. The third-order valence-electron chi connectivity index (χ3n) is 2.72. The summed E-state index contributed by atoms with van der Waals surface area (Å²) in [7, 11) is 0. The van der Waals surface area contributed by atoms with Gasteiger partial charge in [-0.2, -0.15) is 4.98 Å². The summed E-state index contributed by atoms with van der Waals surface area (Å²) in [5, 5.41) is 0.469. The molecule has 0 saturated carbocycles. The highest BCUT2D eigenvalue weighted by Crippen LogP contribution is 2.20. The van der Waals surface area contributed by atoms with Crippen molar-refractivity contribution in [3.8, 4) is 5.69 Å². The van der Waals surface area contributed by atoms with E-state index >= 15 is 0 Å². The van der Waals surface area contributed by atoms with Gasteiger partial charge in [0.15, 0.2) is 4.67 Å². The van der Waals surface area contributed by atoms with Gasteiger partial charge in [0.25, 0.3) is 5.56 Å². The van der Waals surface area contributed by atoms with Crippen LogP contribution in [0.25, 0.3) is 16.8 Å². The first-order valence-corrected chi connectivity index (χ1v) is 6.20. The Kier molecular flexibility index (Phi) is 2.56. The number of aryl methyl sites for hydroxylation is 1. The van der Waals surface area contributed by atoms with Crippen LogP contribution in [0.3, 0.4) is 0 Å². The lowest BCUT2D eigenvalue weighted by atomic mass is 10.3. The van der Waals surface area contributed by atoms with E-state index in [4.69, 9.17) is 4.42 Å². The zero-order valence-corrected chi connectivity index (χ0v) is 11.1. The van der Waals surface area contributed by atoms with Crippen LogP contribution in [0.1, 0.15) is 5.82 Å². The molecule has 0 aliphatic carbocycles. The SMILES string of the molecule is Cc1nc2oc(Br)cc2c(=O)n1-c1ccccc1. The minimum Gasteiger partial charge on any atom is -0.431 e. The molecule has 0 radical (unpaired) electrons. The number of nitrogens with zero attached hydrogens (tertiary/aromatic N) is 2. The van der Waals surface area contributed by atoms with Gasteiger partial charge in [-0.15, -0.1) is 0 Å². The van der Waals surface area contributed by atoms with Gasteiger partial charge in [0, 0.05) is 6.07 Å². The number of halogens is 1. The number of furan rings is 1. The molecule has 0 bridgehead atoms. The van der Waals surface area contributed by atoms with Gasteiger partial charge in [-0.3, -0.25) is 9.36 Å². The third kappa shape index (κ3) is 1.67. The van der Waals surface area contributed by atoms with E-state index in [1.54, 1.807) is 17.6 Å². The Morgan fingerprint density at radius 3 is 2.72 bits per heavy atom. The van der Waals surface area contributed by atoms with Crippen molar-refractivity contribution >= 4 is 27.0 Å². The van der Waals surface area contributed by atoms with Crippen molar-refractivity contribution in [2.24, 2.45) is 0 Å². The summed E-state index contributed by atoms with van der Waals surface area (Å²) in [4.78, 5) is 16.7. The van der Waals surface area contributed by atoms with Crippen LogP contribution in [-0.4, -0.2) is 9.55 Å². The summed E-state index contributed by atoms with van der Waals surface area (Å²) in [6.07, 6.45) is 0. The molecule has 0 amide bonds. The number of hydrogen-bond donors (Lipinski definition) is 0. The lowest BCUT2D eigenvalue weighted by molar-refractivity contribution is 0.572. The fraction of sp³-hybridized carbons (Fsp3) is 0.0769. The molecule has 3 rings (SSSR count). The first kappa shape index (κ1) is 11.2. The molecular weight excluding hydrogens is 296 g/mol. The van der Waals surface area contributed by atoms with E-state index in [-0.39, 0.29) is 5.56 Å². The number of fused-ring (bicyclic) bond motifs is 1. The normalized spacial score (nSPS) is 11.0. The summed E-state index contributed by atoms with van der Waals surface area (Å²) in [6, 6.07) is 11.1. The predicted molar refractivity (Wildman–Crippen MR) is 72.0 cm³/mol. The maximum atomic E-state index is 12.4. The highest BCUT2D eigenvalue weighted by molar-refractivity contribution is 9.10. The molecule has 2 aromatic heterocycles. The monoisotopic (exact) mass is 304 g/mol. The second-order valence-corrected chi connectivity index (χ2v) is 4.69. The summed E-state index contributed by atoms with van der Waals surface area (Å²) in [6.45, 7) is 1.78. The van der Waals surface area contributed by atoms with E-state index in [1.165, 1.54) is 0 Å². The minimum absolute atomic E-state index is 0.127. The molecule has 0 atom stereocenters. The maximum Gasteiger partial charge on any atom is 0.269 e. The van der Waals surface area contributed by atoms with Crippen LogP contribution in [-0.2, 0) is 0 Å². The molecule has 2 heterocycles. The van der Waals surface area contributed by atoms with E-state index in [0.717, 1.165) is 5.69 Å². The van der Waals surface area contributed by atoms with Crippen LogP contribution in [0.15, 0.2) is 50.3 Å². The Morgan fingerprint density at radius 1 is 1.28 bits per heavy atom. The van der Waals surface area contributed by atoms with Crippen molar-refractivity contribution in [2.45, 2.75) is 6.92 Å². The van der Waals surface area contributed by atoms with Crippen LogP contribution < -0.4 is 5.56 Å². The second-order valence-electron chi connectivity index (χ2n) is 3.90. The lowest BCUT2D eigenvalue weighted by Crippen LogP contribution is -2.21. The molecule has 18 heavy (non-hydrogen) atoms. The number of para-hydroxylation sites is 1. The fourth-order valence-electron chi connectivity index (χ4n) is 1.93. The average Bonchev–Trinajstić information content (AvgIpc) is 2.71. The van der Waals surface area contributed by atoms with Gasteiger partial charge in [-0.1, -0.05) is 18.2 Å². The van der Waals surface area contributed by atoms with Gasteiger partial charge in [0.05, 0.1) is 5.69 Å². The Balaban J connectivity index is 2.40. The molecule has 3 aromatic rings. The van der Waals surface area contributed by atoms with Crippen molar-refractivity contribution in [2.75, 3.05) is 0 Å². The van der Waals surface area contributed by atoms with Crippen molar-refractivity contribution in [3.05, 3.63) is 57.2 Å². The summed E-state index contributed by atoms with van der Waals surface area (Å²) in [5.41, 5.74) is 1.03. The van der Waals surface area contributed by atoms with Crippen molar-refractivity contribution in [3.63, 3.8) is 0 Å². The largest absolute Gasteiger partial charge is 0.431 e. The molecule has 0 spiro atoms. The van der Waals surface area contributed by atoms with E-state index in [2.05, 4.69) is 20.9 Å². The smallest absolute Gasteiger partial charge is 0.269 e. The molecule has 0 N–H and O–H groups in total. The maximum absolute atomic E-state index is 12.4. The van der Waals surface area contributed by atoms with Crippen molar-refractivity contribution in [1.29, 1.82) is 0 Å². The minimum atomic E-state index is -0.127. The summed E-state index contributed by atoms with van der Waals surface area (Å²) < 4.78 is 7.39. The standard InChI is InChI=1S/C13H9BrN2O2/c1-8-15-12-10(7-11(14)18-12)13(17)16(8)9-5-3-2-4-6-9/h2-7H,1H3. The van der Waals surface area contributed by atoms with Gasteiger partial charge >= 0.3 is 0 Å². The van der Waals surface area contributed by atoms with Crippen LogP contribution in [0.4, 0.5) is 0 Å². The topological polar surface area (TPSA) is 48.0 Å². The van der Waals surface area contributed by atoms with E-state index in [1.807, 2.05) is 30.3 Å². The highest BCUT2D eigenvalue weighted by atomic mass is 79.9. The molecule has 0 fully saturated rings. The predicted octanol–water partition coefficient (Wildman–Crippen LogP) is 3.05. The molecular formula is C13H9BrN2O2. The number of aromatic nitrogens is 2. The van der Waals surface area contributed by atoms with Crippen LogP contribution in [0.5, 0.6) is 0 Å². The van der Waals surface area contributed by atoms with Crippen LogP contribution in [0, 0.1) is 6.92 Å². The molecule has 4 nitrogen and oxygen atoms in total. The lowest BCUT2D eigenvalue weighted by Gasteiger charge is -2.08. The number of hydrogen-bond acceptors (Lipinski definition) is 3. The Morgan fingerprint density at radius 2 is 2.00 bits per heavy atom. The van der Waals surface area contributed by atoms with Crippen molar-refractivity contribution in [1.82, 2.24) is 9.55 Å². The molecule has 0 saturated heterocycles. The average molecular weight is 305 g/mol. The molecule has 0 aliphatic heterocycles. The third-order valence-corrected chi connectivity index (χ3v) is 3.11. The van der Waals surface area contributed by atoms with Gasteiger partial charge in [0.1, 0.15) is 11.2 Å². The molecule has 90 valence electrons. The second kappa shape index (κ2) is 4.10. The van der Waals surface area contributed by atoms with Gasteiger partial charge < -0.3 is 4.42 Å². The zero-order chi connectivity index (χ0) is 12.7. The first-order valence-electron chi connectivity index (χ1n) is 5.41. The fourth-order valence-corrected chi connectivity index (χ4v) is 2.32. The van der Waals surface area contributed by atoms with E-state index in [0.29, 0.717) is 21.6 Å². The quantitative estimate of drug-likeness (QED) is 0.694. The molecule has 1 aromatic carbocycles. The first-order chi connectivity index (χ1) is 8.66. The number of benzene rings is 1.